The zero-order valence-corrected chi connectivity index (χ0v) is 10.7. The molecular weight excluding hydrogens is 238 g/mol. The number of nitrogens with two attached hydrogens (primary N) is 2. The molecule has 0 radical (unpaired) electrons. The van der Waals surface area contributed by atoms with Crippen molar-refractivity contribution in [3.63, 3.8) is 0 Å². The van der Waals surface area contributed by atoms with Gasteiger partial charge in [-0.3, -0.25) is 4.79 Å². The number of Topliss-reactive ketones (excluding diaryl/α,β-unsaturated/α-hetero) is 1. The van der Waals surface area contributed by atoms with Crippen molar-refractivity contribution in [3.8, 4) is 0 Å². The van der Waals surface area contributed by atoms with Gasteiger partial charge in [0, 0.05) is 30.3 Å². The van der Waals surface area contributed by atoms with Gasteiger partial charge in [-0.05, 0) is 30.2 Å². The number of carbonyl (C=O) groups excluding carboxylic acids is 1. The molecule has 0 saturated carbocycles. The Hall–Kier alpha value is -2.36. The van der Waals surface area contributed by atoms with Gasteiger partial charge in [0.15, 0.2) is 0 Å². The fraction of sp³-hybridized carbons (Fsp3) is 0.200. The lowest BCUT2D eigenvalue weighted by atomic mass is 10.0. The lowest BCUT2D eigenvalue weighted by Crippen LogP contribution is -2.07. The number of hydrogen-bond donors (Lipinski definition) is 2. The van der Waals surface area contributed by atoms with Gasteiger partial charge >= 0.3 is 0 Å². The first-order valence-electron chi connectivity index (χ1n) is 6.20. The van der Waals surface area contributed by atoms with Gasteiger partial charge in [-0.1, -0.05) is 18.2 Å². The number of carbonyl (C=O) groups is 1. The van der Waals surface area contributed by atoms with Gasteiger partial charge in [0.25, 0.3) is 0 Å². The van der Waals surface area contributed by atoms with E-state index in [1.807, 2.05) is 30.3 Å². The maximum atomic E-state index is 11.9. The van der Waals surface area contributed by atoms with Crippen LogP contribution in [0.3, 0.4) is 0 Å². The summed E-state index contributed by atoms with van der Waals surface area (Å²) in [5, 5.41) is 0. The summed E-state index contributed by atoms with van der Waals surface area (Å²) in [6.07, 6.45) is 3.18. The molecule has 0 aliphatic carbocycles. The third-order valence-corrected chi connectivity index (χ3v) is 2.99. The first-order valence-corrected chi connectivity index (χ1v) is 6.20. The number of aromatic nitrogens is 1. The molecule has 2 rings (SSSR count). The molecule has 98 valence electrons. The Bertz CT molecular complexity index is 564. The first-order chi connectivity index (χ1) is 9.15. The van der Waals surface area contributed by atoms with E-state index in [0.717, 1.165) is 23.2 Å². The van der Waals surface area contributed by atoms with Crippen LogP contribution in [0.2, 0.25) is 0 Å². The largest absolute Gasteiger partial charge is 0.399 e. The summed E-state index contributed by atoms with van der Waals surface area (Å²) < 4.78 is 0. The molecule has 2 aromatic rings. The summed E-state index contributed by atoms with van der Waals surface area (Å²) in [6, 6.07) is 11.2. The van der Waals surface area contributed by atoms with Gasteiger partial charge < -0.3 is 11.5 Å². The molecule has 0 saturated heterocycles. The molecule has 0 atom stereocenters. The standard InChI is InChI=1S/C15H17N3O/c16-13-6-3-11(4-7-13)5-8-14(19)10-12-2-1-9-18-15(12)17/h1-4,6-7,9H,5,8,10,16H2,(H2,17,18). The van der Waals surface area contributed by atoms with E-state index in [9.17, 15) is 4.79 Å². The highest BCUT2D eigenvalue weighted by atomic mass is 16.1. The minimum absolute atomic E-state index is 0.163. The van der Waals surface area contributed by atoms with Gasteiger partial charge in [0.2, 0.25) is 0 Å². The van der Waals surface area contributed by atoms with Crippen molar-refractivity contribution in [2.24, 2.45) is 0 Å². The average molecular weight is 255 g/mol. The third kappa shape index (κ3) is 3.81. The molecule has 1 aromatic carbocycles. The van der Waals surface area contributed by atoms with E-state index in [2.05, 4.69) is 4.98 Å². The maximum absolute atomic E-state index is 11.9. The monoisotopic (exact) mass is 255 g/mol. The minimum atomic E-state index is 0.163. The molecule has 0 unspecified atom stereocenters. The minimum Gasteiger partial charge on any atom is -0.399 e. The summed E-state index contributed by atoms with van der Waals surface area (Å²) in [5.41, 5.74) is 14.0. The summed E-state index contributed by atoms with van der Waals surface area (Å²) in [4.78, 5) is 15.9. The number of hydrogen-bond acceptors (Lipinski definition) is 4. The van der Waals surface area contributed by atoms with Crippen molar-refractivity contribution >= 4 is 17.3 Å². The molecule has 0 fully saturated rings. The Labute approximate surface area is 112 Å². The number of rotatable bonds is 5. The number of nitrogens with zero attached hydrogens (tertiary/aromatic N) is 1. The highest BCUT2D eigenvalue weighted by molar-refractivity contribution is 5.82. The quantitative estimate of drug-likeness (QED) is 0.800. The molecule has 1 heterocycles. The predicted molar refractivity (Wildman–Crippen MR) is 76.5 cm³/mol. The Morgan fingerprint density at radius 1 is 1.11 bits per heavy atom. The second-order valence-corrected chi connectivity index (χ2v) is 4.50. The number of nitrogen functional groups attached to an aromatic ring is 2. The predicted octanol–water partition coefficient (Wildman–Crippen LogP) is 1.99. The normalized spacial score (nSPS) is 10.3. The summed E-state index contributed by atoms with van der Waals surface area (Å²) in [5.74, 6) is 0.597. The lowest BCUT2D eigenvalue weighted by Gasteiger charge is -2.04. The average Bonchev–Trinajstić information content (AvgIpc) is 2.41. The van der Waals surface area contributed by atoms with Gasteiger partial charge in [0.1, 0.15) is 11.6 Å². The van der Waals surface area contributed by atoms with E-state index in [1.54, 1.807) is 12.3 Å². The van der Waals surface area contributed by atoms with E-state index >= 15 is 0 Å². The van der Waals surface area contributed by atoms with E-state index in [-0.39, 0.29) is 5.78 Å². The van der Waals surface area contributed by atoms with Crippen LogP contribution in [0.4, 0.5) is 11.5 Å². The lowest BCUT2D eigenvalue weighted by molar-refractivity contribution is -0.118. The molecule has 0 bridgehead atoms. The Kier molecular flexibility index (Phi) is 4.13. The molecule has 0 spiro atoms. The second-order valence-electron chi connectivity index (χ2n) is 4.50. The molecule has 4 heteroatoms. The van der Waals surface area contributed by atoms with Crippen molar-refractivity contribution < 1.29 is 4.79 Å². The van der Waals surface area contributed by atoms with Crippen molar-refractivity contribution in [3.05, 3.63) is 53.7 Å². The maximum Gasteiger partial charge on any atom is 0.137 e. The molecule has 4 nitrogen and oxygen atoms in total. The van der Waals surface area contributed by atoms with Crippen molar-refractivity contribution in [2.45, 2.75) is 19.3 Å². The second kappa shape index (κ2) is 6.00. The Morgan fingerprint density at radius 3 is 2.53 bits per heavy atom. The zero-order valence-electron chi connectivity index (χ0n) is 10.7. The SMILES string of the molecule is Nc1ccc(CCC(=O)Cc2cccnc2N)cc1. The molecule has 0 amide bonds. The van der Waals surface area contributed by atoms with Crippen molar-refractivity contribution in [1.29, 1.82) is 0 Å². The molecule has 19 heavy (non-hydrogen) atoms. The zero-order chi connectivity index (χ0) is 13.7. The summed E-state index contributed by atoms with van der Waals surface area (Å²) in [6.45, 7) is 0. The molecule has 1 aromatic heterocycles. The molecule has 0 aliphatic rings. The van der Waals surface area contributed by atoms with Crippen LogP contribution in [0.1, 0.15) is 17.5 Å². The smallest absolute Gasteiger partial charge is 0.137 e. The van der Waals surface area contributed by atoms with Crippen LogP contribution in [-0.4, -0.2) is 10.8 Å². The number of pyridine rings is 1. The van der Waals surface area contributed by atoms with Gasteiger partial charge in [-0.25, -0.2) is 4.98 Å². The van der Waals surface area contributed by atoms with Crippen LogP contribution < -0.4 is 11.5 Å². The van der Waals surface area contributed by atoms with E-state index in [0.29, 0.717) is 18.7 Å². The number of anilines is 2. The van der Waals surface area contributed by atoms with Gasteiger partial charge in [-0.2, -0.15) is 0 Å². The van der Waals surface area contributed by atoms with E-state index in [1.165, 1.54) is 0 Å². The molecule has 4 N–H and O–H groups in total. The van der Waals surface area contributed by atoms with Crippen LogP contribution in [0, 0.1) is 0 Å². The third-order valence-electron chi connectivity index (χ3n) is 2.99. The summed E-state index contributed by atoms with van der Waals surface area (Å²) in [7, 11) is 0. The van der Waals surface area contributed by atoms with Crippen LogP contribution >= 0.6 is 0 Å². The fourth-order valence-corrected chi connectivity index (χ4v) is 1.87. The van der Waals surface area contributed by atoms with E-state index < -0.39 is 0 Å². The van der Waals surface area contributed by atoms with Crippen LogP contribution in [0.15, 0.2) is 42.6 Å². The number of aryl methyl sites for hydroxylation is 1. The topological polar surface area (TPSA) is 82.0 Å². The highest BCUT2D eigenvalue weighted by Gasteiger charge is 2.07. The van der Waals surface area contributed by atoms with Gasteiger partial charge in [-0.15, -0.1) is 0 Å². The van der Waals surface area contributed by atoms with Crippen LogP contribution in [0.25, 0.3) is 0 Å². The Balaban J connectivity index is 1.88. The van der Waals surface area contributed by atoms with Crippen molar-refractivity contribution in [2.75, 3.05) is 11.5 Å². The van der Waals surface area contributed by atoms with E-state index in [4.69, 9.17) is 11.5 Å². The highest BCUT2D eigenvalue weighted by Crippen LogP contribution is 2.12. The fourth-order valence-electron chi connectivity index (χ4n) is 1.87. The van der Waals surface area contributed by atoms with Gasteiger partial charge in [0.05, 0.1) is 0 Å². The van der Waals surface area contributed by atoms with Crippen LogP contribution in [0.5, 0.6) is 0 Å². The van der Waals surface area contributed by atoms with Crippen molar-refractivity contribution in [1.82, 2.24) is 4.98 Å². The Morgan fingerprint density at radius 2 is 1.84 bits per heavy atom. The molecular formula is C15H17N3O. The first kappa shape index (κ1) is 13.1. The number of benzene rings is 1. The summed E-state index contributed by atoms with van der Waals surface area (Å²) >= 11 is 0. The molecule has 0 aliphatic heterocycles. The number of ketones is 1. The van der Waals surface area contributed by atoms with Crippen LogP contribution in [-0.2, 0) is 17.6 Å².